The molecule has 4 aliphatic carbocycles. The van der Waals surface area contributed by atoms with Gasteiger partial charge in [-0.15, -0.1) is 0 Å². The number of Topliss-reactive ketones (excluding diaryl/α,β-unsaturated/α-hetero) is 1. The van der Waals surface area contributed by atoms with E-state index in [-0.39, 0.29) is 34.0 Å². The van der Waals surface area contributed by atoms with E-state index in [2.05, 4.69) is 53.4 Å². The fourth-order valence-electron chi connectivity index (χ4n) is 7.45. The number of hydrogen-bond donors (Lipinski definition) is 0. The zero-order valence-corrected chi connectivity index (χ0v) is 22.8. The smallest absolute Gasteiger partial charge is 0.192 e. The van der Waals surface area contributed by atoms with Gasteiger partial charge in [-0.3, -0.25) is 4.79 Å². The van der Waals surface area contributed by atoms with E-state index in [4.69, 9.17) is 9.16 Å². The van der Waals surface area contributed by atoms with E-state index >= 15 is 0 Å². The van der Waals surface area contributed by atoms with Crippen molar-refractivity contribution in [2.75, 3.05) is 7.11 Å². The molecular formula is C28H46O3Si. The van der Waals surface area contributed by atoms with Crippen LogP contribution in [0.2, 0.25) is 18.1 Å². The van der Waals surface area contributed by atoms with Crippen molar-refractivity contribution in [3.8, 4) is 0 Å². The lowest BCUT2D eigenvalue weighted by atomic mass is 9.62. The van der Waals surface area contributed by atoms with E-state index in [0.717, 1.165) is 25.7 Å². The molecule has 0 N–H and O–H groups in total. The van der Waals surface area contributed by atoms with Crippen LogP contribution in [-0.4, -0.2) is 33.4 Å². The highest BCUT2D eigenvalue weighted by Crippen LogP contribution is 2.70. The molecule has 3 nitrogen and oxygen atoms in total. The summed E-state index contributed by atoms with van der Waals surface area (Å²) >= 11 is 0. The minimum Gasteiger partial charge on any atom is -0.410 e. The summed E-state index contributed by atoms with van der Waals surface area (Å²) in [6, 6.07) is 0. The molecule has 4 fully saturated rings. The van der Waals surface area contributed by atoms with Gasteiger partial charge in [0.05, 0.1) is 12.2 Å². The molecule has 0 amide bonds. The maximum atomic E-state index is 12.4. The molecule has 0 spiro atoms. The number of ether oxygens (including phenoxy) is 1. The van der Waals surface area contributed by atoms with Crippen LogP contribution in [0.3, 0.4) is 0 Å². The zero-order valence-electron chi connectivity index (χ0n) is 21.8. The Morgan fingerprint density at radius 3 is 2.56 bits per heavy atom. The summed E-state index contributed by atoms with van der Waals surface area (Å²) in [5.74, 6) is 1.78. The van der Waals surface area contributed by atoms with E-state index in [1.807, 2.05) is 7.11 Å². The predicted molar refractivity (Wildman–Crippen MR) is 134 cm³/mol. The SMILES string of the molecule is C=C1C(O[Si](C)(C)C(C)(C)C)CC2CC12C(/C=C1\CCCC2(C)C(C(C)=O)CCC12)OC. The standard InChI is InChI=1S/C28H46O3Si/c1-18-24(31-32(8,9)26(3,4)5)16-21-17-28(18,21)25(30-7)15-20-11-10-14-27(6)22(19(2)29)12-13-23(20)27/h15,21-25H,1,10-14,16-17H2,2-9H3/b20-15+. The molecule has 4 aliphatic rings. The Labute approximate surface area is 197 Å². The van der Waals surface area contributed by atoms with Gasteiger partial charge in [0.15, 0.2) is 8.32 Å². The maximum absolute atomic E-state index is 12.4. The first kappa shape index (κ1) is 24.4. The molecule has 7 atom stereocenters. The van der Waals surface area contributed by atoms with E-state index in [9.17, 15) is 4.79 Å². The van der Waals surface area contributed by atoms with E-state index in [1.54, 1.807) is 12.5 Å². The molecule has 4 saturated carbocycles. The summed E-state index contributed by atoms with van der Waals surface area (Å²) in [6.07, 6.45) is 10.7. The van der Waals surface area contributed by atoms with Gasteiger partial charge in [-0.2, -0.15) is 0 Å². The van der Waals surface area contributed by atoms with Gasteiger partial charge in [0.25, 0.3) is 0 Å². The van der Waals surface area contributed by atoms with Gasteiger partial charge in [0.2, 0.25) is 0 Å². The predicted octanol–water partition coefficient (Wildman–Crippen LogP) is 7.09. The van der Waals surface area contributed by atoms with Crippen LogP contribution in [0, 0.1) is 28.6 Å². The zero-order chi connectivity index (χ0) is 23.7. The third-order valence-electron chi connectivity index (χ3n) is 10.5. The number of hydrogen-bond acceptors (Lipinski definition) is 3. The highest BCUT2D eigenvalue weighted by Gasteiger charge is 2.67. The van der Waals surface area contributed by atoms with Crippen LogP contribution in [0.4, 0.5) is 0 Å². The van der Waals surface area contributed by atoms with Crippen molar-refractivity contribution in [3.63, 3.8) is 0 Å². The Bertz CT molecular complexity index is 821. The van der Waals surface area contributed by atoms with Crippen LogP contribution < -0.4 is 0 Å². The molecule has 0 radical (unpaired) electrons. The number of rotatable bonds is 6. The van der Waals surface area contributed by atoms with E-state index in [1.165, 1.54) is 24.8 Å². The summed E-state index contributed by atoms with van der Waals surface area (Å²) in [5.41, 5.74) is 3.02. The second kappa shape index (κ2) is 7.92. The minimum atomic E-state index is -1.84. The van der Waals surface area contributed by atoms with Gasteiger partial charge in [0, 0.05) is 18.4 Å². The average molecular weight is 459 g/mol. The minimum absolute atomic E-state index is 0.0568. The summed E-state index contributed by atoms with van der Waals surface area (Å²) < 4.78 is 13.0. The Kier molecular flexibility index (Phi) is 6.04. The van der Waals surface area contributed by atoms with Gasteiger partial charge in [-0.05, 0) is 92.8 Å². The number of carbonyl (C=O) groups excluding carboxylic acids is 1. The van der Waals surface area contributed by atoms with Crippen molar-refractivity contribution < 1.29 is 14.0 Å². The Morgan fingerprint density at radius 1 is 1.28 bits per heavy atom. The lowest BCUT2D eigenvalue weighted by Gasteiger charge is -2.42. The van der Waals surface area contributed by atoms with E-state index in [0.29, 0.717) is 17.6 Å². The summed E-state index contributed by atoms with van der Waals surface area (Å²) in [6.45, 7) is 20.4. The molecule has 4 rings (SSSR count). The molecule has 0 aliphatic heterocycles. The number of carbonyl (C=O) groups is 1. The van der Waals surface area contributed by atoms with Crippen LogP contribution in [0.25, 0.3) is 0 Å². The van der Waals surface area contributed by atoms with Crippen molar-refractivity contribution in [1.82, 2.24) is 0 Å². The largest absolute Gasteiger partial charge is 0.410 e. The lowest BCUT2D eigenvalue weighted by Crippen LogP contribution is -2.44. The fraction of sp³-hybridized carbons (Fsp3) is 0.821. The van der Waals surface area contributed by atoms with Crippen molar-refractivity contribution in [3.05, 3.63) is 23.8 Å². The Hall–Kier alpha value is -0.713. The molecule has 0 bridgehead atoms. The van der Waals surface area contributed by atoms with Crippen LogP contribution in [0.1, 0.15) is 79.6 Å². The third kappa shape index (κ3) is 3.64. The first-order valence-electron chi connectivity index (χ1n) is 12.9. The monoisotopic (exact) mass is 458 g/mol. The number of fused-ring (bicyclic) bond motifs is 2. The van der Waals surface area contributed by atoms with Crippen molar-refractivity contribution in [1.29, 1.82) is 0 Å². The van der Waals surface area contributed by atoms with Gasteiger partial charge in [-0.25, -0.2) is 0 Å². The molecule has 4 heteroatoms. The molecule has 7 unspecified atom stereocenters. The van der Waals surface area contributed by atoms with Crippen molar-refractivity contribution >= 4 is 14.1 Å². The van der Waals surface area contributed by atoms with Crippen LogP contribution in [0.15, 0.2) is 23.8 Å². The molecule has 0 aromatic carbocycles. The summed E-state index contributed by atoms with van der Waals surface area (Å²) in [4.78, 5) is 12.4. The molecule has 0 heterocycles. The summed E-state index contributed by atoms with van der Waals surface area (Å²) in [7, 11) is 0.0351. The number of allylic oxidation sites excluding steroid dienone is 1. The van der Waals surface area contributed by atoms with Gasteiger partial charge in [0.1, 0.15) is 5.78 Å². The second-order valence-corrected chi connectivity index (χ2v) is 17.9. The summed E-state index contributed by atoms with van der Waals surface area (Å²) in [5, 5.41) is 0.206. The molecule has 0 aromatic heterocycles. The molecule has 180 valence electrons. The van der Waals surface area contributed by atoms with Crippen molar-refractivity contribution in [2.24, 2.45) is 28.6 Å². The molecule has 32 heavy (non-hydrogen) atoms. The lowest BCUT2D eigenvalue weighted by molar-refractivity contribution is -0.124. The third-order valence-corrected chi connectivity index (χ3v) is 14.9. The first-order valence-corrected chi connectivity index (χ1v) is 15.8. The maximum Gasteiger partial charge on any atom is 0.192 e. The molecule has 0 saturated heterocycles. The van der Waals surface area contributed by atoms with Gasteiger partial charge >= 0.3 is 0 Å². The van der Waals surface area contributed by atoms with Crippen molar-refractivity contribution in [2.45, 2.75) is 110 Å². The second-order valence-electron chi connectivity index (χ2n) is 13.1. The average Bonchev–Trinajstić information content (AvgIpc) is 3.18. The highest BCUT2D eigenvalue weighted by molar-refractivity contribution is 6.74. The highest BCUT2D eigenvalue weighted by atomic mass is 28.4. The Morgan fingerprint density at radius 2 is 1.97 bits per heavy atom. The van der Waals surface area contributed by atoms with E-state index < -0.39 is 8.32 Å². The molecule has 0 aromatic rings. The quantitative estimate of drug-likeness (QED) is 0.315. The number of methoxy groups -OCH3 is 1. The first-order chi connectivity index (χ1) is 14.8. The fourth-order valence-corrected chi connectivity index (χ4v) is 8.75. The topological polar surface area (TPSA) is 35.5 Å². The van der Waals surface area contributed by atoms with Crippen LogP contribution >= 0.6 is 0 Å². The van der Waals surface area contributed by atoms with Crippen LogP contribution in [-0.2, 0) is 14.0 Å². The van der Waals surface area contributed by atoms with Crippen LogP contribution in [0.5, 0.6) is 0 Å². The van der Waals surface area contributed by atoms with Gasteiger partial charge < -0.3 is 9.16 Å². The Balaban J connectivity index is 1.56. The molecular weight excluding hydrogens is 412 g/mol. The normalized spacial score (nSPS) is 41.5. The van der Waals surface area contributed by atoms with Gasteiger partial charge in [-0.1, -0.05) is 45.9 Å². The number of ketones is 1.